The van der Waals surface area contributed by atoms with Crippen LogP contribution in [-0.2, 0) is 0 Å². The number of nitrogens with one attached hydrogen (secondary N) is 2. The molecule has 0 bridgehead atoms. The number of carbonyl (C=O) groups excluding carboxylic acids is 1. The van der Waals surface area contributed by atoms with E-state index in [-0.39, 0.29) is 10.7 Å². The minimum atomic E-state index is -0.0358. The summed E-state index contributed by atoms with van der Waals surface area (Å²) in [4.78, 5) is 15.5. The number of aromatic nitrogens is 1. The molecule has 114 valence electrons. The second-order valence-corrected chi connectivity index (χ2v) is 6.56. The summed E-state index contributed by atoms with van der Waals surface area (Å²) in [5, 5.41) is 3.98. The van der Waals surface area contributed by atoms with Gasteiger partial charge in [0, 0.05) is 34.1 Å². The Morgan fingerprint density at radius 2 is 2.10 bits per heavy atom. The number of H-pyrrole nitrogens is 1. The molecule has 1 aromatic heterocycles. The zero-order chi connectivity index (χ0) is 15.5. The number of thioether (sulfide) groups is 1. The highest BCUT2D eigenvalue weighted by atomic mass is 32.2. The summed E-state index contributed by atoms with van der Waals surface area (Å²) in [6, 6.07) is 5.55. The van der Waals surface area contributed by atoms with E-state index in [1.54, 1.807) is 6.20 Å². The van der Waals surface area contributed by atoms with Crippen LogP contribution < -0.4 is 11.1 Å². The second kappa shape index (κ2) is 6.43. The number of nitrogens with two attached hydrogens (primary N) is 1. The number of fused-ring (bicyclic) bond motifs is 1. The molecule has 4 nitrogen and oxygen atoms in total. The Morgan fingerprint density at radius 1 is 1.38 bits per heavy atom. The first-order valence-electron chi connectivity index (χ1n) is 7.25. The van der Waals surface area contributed by atoms with E-state index in [4.69, 9.17) is 5.73 Å². The molecule has 1 heterocycles. The molecular formula is C16H23N3OS. The molecule has 4 N–H and O–H groups in total. The molecule has 0 spiro atoms. The molecule has 0 unspecified atom stereocenters. The zero-order valence-electron chi connectivity index (χ0n) is 12.8. The van der Waals surface area contributed by atoms with Gasteiger partial charge in [-0.1, -0.05) is 13.8 Å². The van der Waals surface area contributed by atoms with Crippen molar-refractivity contribution >= 4 is 34.3 Å². The Kier molecular flexibility index (Phi) is 4.83. The Bertz CT molecular complexity index is 623. The van der Waals surface area contributed by atoms with Gasteiger partial charge in [0.15, 0.2) is 0 Å². The number of anilines is 1. The second-order valence-electron chi connectivity index (χ2n) is 5.28. The summed E-state index contributed by atoms with van der Waals surface area (Å²) in [5.41, 5.74) is 8.01. The summed E-state index contributed by atoms with van der Waals surface area (Å²) < 4.78 is 0.117. The number of hydrogen-bond acceptors (Lipinski definition) is 3. The lowest BCUT2D eigenvalue weighted by molar-refractivity contribution is 0.0950. The van der Waals surface area contributed by atoms with Crippen molar-refractivity contribution in [2.45, 2.75) is 31.4 Å². The Labute approximate surface area is 129 Å². The van der Waals surface area contributed by atoms with E-state index >= 15 is 0 Å². The number of rotatable bonds is 6. The Balaban J connectivity index is 2.16. The number of amides is 1. The van der Waals surface area contributed by atoms with Crippen molar-refractivity contribution in [1.29, 1.82) is 0 Å². The van der Waals surface area contributed by atoms with Crippen LogP contribution in [0.4, 0.5) is 5.69 Å². The van der Waals surface area contributed by atoms with Crippen LogP contribution in [-0.4, -0.2) is 28.4 Å². The lowest BCUT2D eigenvalue weighted by Gasteiger charge is -2.29. The third-order valence-corrected chi connectivity index (χ3v) is 5.83. The maximum atomic E-state index is 12.4. The maximum Gasteiger partial charge on any atom is 0.253 e. The van der Waals surface area contributed by atoms with Gasteiger partial charge in [0.1, 0.15) is 0 Å². The highest BCUT2D eigenvalue weighted by Gasteiger charge is 2.26. The van der Waals surface area contributed by atoms with Crippen molar-refractivity contribution in [3.8, 4) is 0 Å². The lowest BCUT2D eigenvalue weighted by atomic mass is 10.0. The van der Waals surface area contributed by atoms with E-state index in [2.05, 4.69) is 30.4 Å². The molecule has 2 aromatic rings. The minimum Gasteiger partial charge on any atom is -0.399 e. The molecule has 0 aliphatic heterocycles. The predicted octanol–water partition coefficient (Wildman–Crippen LogP) is 3.40. The van der Waals surface area contributed by atoms with Gasteiger partial charge in [0.05, 0.1) is 5.56 Å². The average molecular weight is 305 g/mol. The van der Waals surface area contributed by atoms with E-state index < -0.39 is 0 Å². The van der Waals surface area contributed by atoms with Crippen molar-refractivity contribution in [3.05, 3.63) is 30.0 Å². The fourth-order valence-corrected chi connectivity index (χ4v) is 3.32. The normalized spacial score (nSPS) is 11.8. The SMILES string of the molecule is CCC(CC)(CNC(=O)c1c[nH]c2cc(N)ccc12)SC. The van der Waals surface area contributed by atoms with Gasteiger partial charge >= 0.3 is 0 Å². The largest absolute Gasteiger partial charge is 0.399 e. The molecule has 0 fully saturated rings. The summed E-state index contributed by atoms with van der Waals surface area (Å²) in [5.74, 6) is -0.0358. The van der Waals surface area contributed by atoms with Gasteiger partial charge in [-0.25, -0.2) is 0 Å². The maximum absolute atomic E-state index is 12.4. The van der Waals surface area contributed by atoms with Crippen LogP contribution in [0.3, 0.4) is 0 Å². The minimum absolute atomic E-state index is 0.0358. The first-order chi connectivity index (χ1) is 10.0. The topological polar surface area (TPSA) is 70.9 Å². The van der Waals surface area contributed by atoms with E-state index in [1.165, 1.54) is 0 Å². The fraction of sp³-hybridized carbons (Fsp3) is 0.438. The van der Waals surface area contributed by atoms with Gasteiger partial charge in [0.25, 0.3) is 5.91 Å². The van der Waals surface area contributed by atoms with E-state index in [0.717, 1.165) is 23.7 Å². The van der Waals surface area contributed by atoms with Gasteiger partial charge in [-0.15, -0.1) is 0 Å². The van der Waals surface area contributed by atoms with Crippen molar-refractivity contribution in [2.75, 3.05) is 18.5 Å². The quantitative estimate of drug-likeness (QED) is 0.716. The molecule has 5 heteroatoms. The van der Waals surface area contributed by atoms with Crippen molar-refractivity contribution < 1.29 is 4.79 Å². The number of carbonyl (C=O) groups is 1. The van der Waals surface area contributed by atoms with Crippen LogP contribution in [0, 0.1) is 0 Å². The van der Waals surface area contributed by atoms with Crippen LogP contribution in [0.1, 0.15) is 37.0 Å². The number of benzene rings is 1. The van der Waals surface area contributed by atoms with Gasteiger partial charge in [-0.3, -0.25) is 4.79 Å². The van der Waals surface area contributed by atoms with E-state index in [1.807, 2.05) is 30.0 Å². The monoisotopic (exact) mass is 305 g/mol. The van der Waals surface area contributed by atoms with Gasteiger partial charge in [-0.2, -0.15) is 11.8 Å². The summed E-state index contributed by atoms with van der Waals surface area (Å²) in [6.07, 6.45) is 5.93. The zero-order valence-corrected chi connectivity index (χ0v) is 13.6. The van der Waals surface area contributed by atoms with E-state index in [0.29, 0.717) is 17.8 Å². The van der Waals surface area contributed by atoms with Crippen LogP contribution >= 0.6 is 11.8 Å². The highest BCUT2D eigenvalue weighted by molar-refractivity contribution is 8.00. The highest BCUT2D eigenvalue weighted by Crippen LogP contribution is 2.29. The summed E-state index contributed by atoms with van der Waals surface area (Å²) in [7, 11) is 0. The molecule has 0 radical (unpaired) electrons. The Hall–Kier alpha value is -1.62. The molecule has 21 heavy (non-hydrogen) atoms. The van der Waals surface area contributed by atoms with Crippen LogP contribution in [0.15, 0.2) is 24.4 Å². The van der Waals surface area contributed by atoms with Gasteiger partial charge in [0.2, 0.25) is 0 Å². The summed E-state index contributed by atoms with van der Waals surface area (Å²) in [6.45, 7) is 5.02. The average Bonchev–Trinajstić information content (AvgIpc) is 2.92. The molecule has 0 saturated carbocycles. The van der Waals surface area contributed by atoms with Crippen LogP contribution in [0.25, 0.3) is 10.9 Å². The first-order valence-corrected chi connectivity index (χ1v) is 8.47. The van der Waals surface area contributed by atoms with Crippen molar-refractivity contribution in [3.63, 3.8) is 0 Å². The van der Waals surface area contributed by atoms with Crippen LogP contribution in [0.5, 0.6) is 0 Å². The van der Waals surface area contributed by atoms with Gasteiger partial charge in [-0.05, 0) is 37.3 Å². The molecule has 2 rings (SSSR count). The molecule has 0 aliphatic rings. The number of nitrogen functional groups attached to an aromatic ring is 1. The Morgan fingerprint density at radius 3 is 2.71 bits per heavy atom. The van der Waals surface area contributed by atoms with Crippen molar-refractivity contribution in [2.24, 2.45) is 0 Å². The number of aromatic amines is 1. The first kappa shape index (κ1) is 15.8. The molecule has 0 atom stereocenters. The molecular weight excluding hydrogens is 282 g/mol. The molecule has 0 aliphatic carbocycles. The smallest absolute Gasteiger partial charge is 0.253 e. The van der Waals surface area contributed by atoms with E-state index in [9.17, 15) is 4.79 Å². The van der Waals surface area contributed by atoms with Crippen molar-refractivity contribution in [1.82, 2.24) is 10.3 Å². The standard InChI is InChI=1S/C16H23N3OS/c1-4-16(5-2,21-3)10-19-15(20)13-9-18-14-8-11(17)6-7-12(13)14/h6-9,18H,4-5,10,17H2,1-3H3,(H,19,20). The molecule has 1 aromatic carbocycles. The molecule has 1 amide bonds. The summed E-state index contributed by atoms with van der Waals surface area (Å²) >= 11 is 1.82. The third-order valence-electron chi connectivity index (χ3n) is 4.24. The van der Waals surface area contributed by atoms with Crippen LogP contribution in [0.2, 0.25) is 0 Å². The predicted molar refractivity (Wildman–Crippen MR) is 91.9 cm³/mol. The van der Waals surface area contributed by atoms with Gasteiger partial charge < -0.3 is 16.0 Å². The number of hydrogen-bond donors (Lipinski definition) is 3. The fourth-order valence-electron chi connectivity index (χ4n) is 2.53. The molecule has 0 saturated heterocycles. The third kappa shape index (κ3) is 3.18. The lowest BCUT2D eigenvalue weighted by Crippen LogP contribution is -2.39.